The Morgan fingerprint density at radius 3 is 1.28 bits per heavy atom. The van der Waals surface area contributed by atoms with Crippen LogP contribution in [0.4, 0.5) is 0 Å². The monoisotopic (exact) mass is 585 g/mol. The molecule has 164 valence electrons. The number of rotatable bonds is 5. The van der Waals surface area contributed by atoms with E-state index in [4.69, 9.17) is 0 Å². The van der Waals surface area contributed by atoms with Gasteiger partial charge < -0.3 is 20.0 Å². The molecule has 0 aromatic rings. The number of aliphatic hydroxyl groups excluding tert-OH is 2. The maximum absolute atomic E-state index is 12.4. The second-order valence-electron chi connectivity index (χ2n) is 8.23. The van der Waals surface area contributed by atoms with Crippen molar-refractivity contribution in [3.05, 3.63) is 22.7 Å². The molecule has 2 rings (SSSR count). The zero-order valence-electron chi connectivity index (χ0n) is 18.2. The summed E-state index contributed by atoms with van der Waals surface area (Å²) in [5, 5.41) is 20.8. The Morgan fingerprint density at radius 2 is 1.07 bits per heavy atom. The van der Waals surface area contributed by atoms with Gasteiger partial charge in [0.25, 0.3) is 11.8 Å². The minimum atomic E-state index is -0.760. The number of carbonyl (C=O) groups excluding carboxylic acids is 2. The molecule has 0 spiro atoms. The van der Waals surface area contributed by atoms with Gasteiger partial charge in [0.05, 0.1) is 24.2 Å². The molecule has 2 aliphatic heterocycles. The molecule has 0 aliphatic carbocycles. The first-order valence-corrected chi connectivity index (χ1v) is 9.22. The van der Waals surface area contributed by atoms with Gasteiger partial charge in [0.1, 0.15) is 22.7 Å². The molecule has 0 saturated carbocycles. The third-order valence-electron chi connectivity index (χ3n) is 5.87. The first-order valence-electron chi connectivity index (χ1n) is 9.22. The van der Waals surface area contributed by atoms with Crippen molar-refractivity contribution >= 4 is 23.2 Å². The molecule has 2 aliphatic rings. The van der Waals surface area contributed by atoms with E-state index in [1.165, 1.54) is 9.80 Å². The van der Waals surface area contributed by atoms with E-state index in [1.54, 1.807) is 55.6 Å². The standard InChI is InChI=1S/C20H30N4O4.Pt/c1-11(13-15(25)19(3,4)23(7)17(13)27)21-9-10-22-12(2)14-16(26)20(5,6)24(8)18(14)28;/h25-26H,9-10H2,1-8H3;. The van der Waals surface area contributed by atoms with Crippen LogP contribution in [0.25, 0.3) is 0 Å². The summed E-state index contributed by atoms with van der Waals surface area (Å²) in [7, 11) is 3.29. The predicted molar refractivity (Wildman–Crippen MR) is 109 cm³/mol. The molecule has 0 bridgehead atoms. The average Bonchev–Trinajstić information content (AvgIpc) is 2.86. The second kappa shape index (κ2) is 8.42. The molecule has 0 fully saturated rings. The topological polar surface area (TPSA) is 106 Å². The Kier molecular flexibility index (Phi) is 7.29. The van der Waals surface area contributed by atoms with Crippen LogP contribution >= 0.6 is 0 Å². The van der Waals surface area contributed by atoms with Gasteiger partial charge in [-0.25, -0.2) is 0 Å². The molecule has 0 aromatic carbocycles. The zero-order chi connectivity index (χ0) is 21.6. The van der Waals surface area contributed by atoms with Gasteiger partial charge in [0.2, 0.25) is 0 Å². The summed E-state index contributed by atoms with van der Waals surface area (Å²) in [6, 6.07) is 0. The number of likely N-dealkylation sites (N-methyl/N-ethyl adjacent to an activating group) is 2. The molecule has 0 radical (unpaired) electrons. The van der Waals surface area contributed by atoms with E-state index in [9.17, 15) is 19.8 Å². The van der Waals surface area contributed by atoms with E-state index < -0.39 is 11.1 Å². The Bertz CT molecular complexity index is 783. The SMILES string of the molecule is CC(=NCCN=C(C)C1=C(O)C(C)(C)N(C)C1=O)C1=C(O)C(C)(C)N(C)C1=O.[Pt]. The van der Waals surface area contributed by atoms with Gasteiger partial charge in [-0.05, 0) is 41.5 Å². The molecule has 29 heavy (non-hydrogen) atoms. The molecule has 0 atom stereocenters. The molecular weight excluding hydrogens is 555 g/mol. The minimum absolute atomic E-state index is 0. The summed E-state index contributed by atoms with van der Waals surface area (Å²) < 4.78 is 0. The van der Waals surface area contributed by atoms with Crippen molar-refractivity contribution in [1.82, 2.24) is 9.80 Å². The van der Waals surface area contributed by atoms with E-state index in [1.807, 2.05) is 0 Å². The fourth-order valence-corrected chi connectivity index (χ4v) is 3.22. The molecule has 0 unspecified atom stereocenters. The molecule has 0 aromatic heterocycles. The maximum Gasteiger partial charge on any atom is 0.259 e. The number of carbonyl (C=O) groups is 2. The third kappa shape index (κ3) is 4.04. The first kappa shape index (κ1) is 25.1. The van der Waals surface area contributed by atoms with Gasteiger partial charge in [-0.15, -0.1) is 0 Å². The van der Waals surface area contributed by atoms with Crippen LogP contribution in [0.15, 0.2) is 32.6 Å². The van der Waals surface area contributed by atoms with Crippen LogP contribution in [0.1, 0.15) is 41.5 Å². The zero-order valence-corrected chi connectivity index (χ0v) is 20.5. The van der Waals surface area contributed by atoms with Crippen LogP contribution in [-0.4, -0.2) is 81.5 Å². The van der Waals surface area contributed by atoms with E-state index in [0.29, 0.717) is 24.5 Å². The van der Waals surface area contributed by atoms with Gasteiger partial charge in [0.15, 0.2) is 0 Å². The summed E-state index contributed by atoms with van der Waals surface area (Å²) in [6.45, 7) is 11.0. The molecule has 2 heterocycles. The van der Waals surface area contributed by atoms with Gasteiger partial charge >= 0.3 is 0 Å². The Morgan fingerprint density at radius 1 is 0.793 bits per heavy atom. The third-order valence-corrected chi connectivity index (χ3v) is 5.87. The summed E-state index contributed by atoms with van der Waals surface area (Å²) in [5.41, 5.74) is -0.168. The van der Waals surface area contributed by atoms with Crippen molar-refractivity contribution in [2.45, 2.75) is 52.6 Å². The Hall–Kier alpha value is -1.95. The van der Waals surface area contributed by atoms with Crippen LogP contribution in [0.3, 0.4) is 0 Å². The van der Waals surface area contributed by atoms with Gasteiger partial charge in [-0.1, -0.05) is 0 Å². The smallest absolute Gasteiger partial charge is 0.259 e. The van der Waals surface area contributed by atoms with Crippen LogP contribution in [-0.2, 0) is 30.7 Å². The summed E-state index contributed by atoms with van der Waals surface area (Å²) in [6.07, 6.45) is 0. The Labute approximate surface area is 186 Å². The van der Waals surface area contributed by atoms with E-state index in [0.717, 1.165) is 0 Å². The summed E-state index contributed by atoms with van der Waals surface area (Å²) >= 11 is 0. The van der Waals surface area contributed by atoms with Crippen LogP contribution in [0, 0.1) is 0 Å². The predicted octanol–water partition coefficient (Wildman–Crippen LogP) is 2.03. The maximum atomic E-state index is 12.4. The second-order valence-corrected chi connectivity index (χ2v) is 8.23. The van der Waals surface area contributed by atoms with Crippen molar-refractivity contribution in [2.75, 3.05) is 27.2 Å². The fraction of sp³-hybridized carbons (Fsp3) is 0.600. The number of hydrogen-bond donors (Lipinski definition) is 2. The number of nitrogens with zero attached hydrogens (tertiary/aromatic N) is 4. The van der Waals surface area contributed by atoms with E-state index in [2.05, 4.69) is 9.98 Å². The molecular formula is C20H30N4O4Pt. The van der Waals surface area contributed by atoms with Crippen molar-refractivity contribution < 1.29 is 40.9 Å². The van der Waals surface area contributed by atoms with Crippen LogP contribution < -0.4 is 0 Å². The Balaban J connectivity index is 0.00000420. The number of hydrogen-bond acceptors (Lipinski definition) is 6. The molecule has 9 heteroatoms. The van der Waals surface area contributed by atoms with Crippen molar-refractivity contribution in [2.24, 2.45) is 9.98 Å². The largest absolute Gasteiger partial charge is 0.509 e. The fourth-order valence-electron chi connectivity index (χ4n) is 3.22. The van der Waals surface area contributed by atoms with Crippen LogP contribution in [0.2, 0.25) is 0 Å². The number of amides is 2. The van der Waals surface area contributed by atoms with Crippen LogP contribution in [0.5, 0.6) is 0 Å². The first-order chi connectivity index (χ1) is 12.8. The number of aliphatic hydroxyl groups is 2. The minimum Gasteiger partial charge on any atom is -0.509 e. The molecule has 2 amide bonds. The normalized spacial score (nSPS) is 22.1. The average molecular weight is 586 g/mol. The van der Waals surface area contributed by atoms with E-state index in [-0.39, 0.29) is 55.5 Å². The van der Waals surface area contributed by atoms with Gasteiger partial charge in [0, 0.05) is 46.6 Å². The molecule has 8 nitrogen and oxygen atoms in total. The van der Waals surface area contributed by atoms with Crippen molar-refractivity contribution in [3.8, 4) is 0 Å². The van der Waals surface area contributed by atoms with Crippen molar-refractivity contribution in [3.63, 3.8) is 0 Å². The van der Waals surface area contributed by atoms with Gasteiger partial charge in [-0.3, -0.25) is 19.6 Å². The number of aliphatic imine (C=N–C) groups is 2. The molecule has 0 saturated heterocycles. The van der Waals surface area contributed by atoms with Crippen molar-refractivity contribution in [1.29, 1.82) is 0 Å². The summed E-state index contributed by atoms with van der Waals surface area (Å²) in [5.74, 6) is -0.503. The summed E-state index contributed by atoms with van der Waals surface area (Å²) in [4.78, 5) is 36.4. The van der Waals surface area contributed by atoms with E-state index >= 15 is 0 Å². The van der Waals surface area contributed by atoms with Gasteiger partial charge in [-0.2, -0.15) is 0 Å². The molecule has 2 N–H and O–H groups in total. The quantitative estimate of drug-likeness (QED) is 0.381.